The zero-order valence-corrected chi connectivity index (χ0v) is 12.9. The van der Waals surface area contributed by atoms with Gasteiger partial charge >= 0.3 is 0 Å². The summed E-state index contributed by atoms with van der Waals surface area (Å²) in [5, 5.41) is 7.36. The Labute approximate surface area is 137 Å². The minimum absolute atomic E-state index is 0.117. The molecule has 0 saturated heterocycles. The fraction of sp³-hybridized carbons (Fsp3) is 0.176. The van der Waals surface area contributed by atoms with Gasteiger partial charge in [0.2, 0.25) is 5.91 Å². The Bertz CT molecular complexity index is 905. The van der Waals surface area contributed by atoms with Crippen molar-refractivity contribution in [3.63, 3.8) is 0 Å². The van der Waals surface area contributed by atoms with E-state index in [1.54, 1.807) is 30.6 Å². The van der Waals surface area contributed by atoms with Gasteiger partial charge in [-0.1, -0.05) is 12.1 Å². The van der Waals surface area contributed by atoms with Crippen LogP contribution >= 0.6 is 0 Å². The van der Waals surface area contributed by atoms with E-state index in [1.165, 1.54) is 16.8 Å². The molecule has 0 spiro atoms. The third kappa shape index (κ3) is 2.34. The highest BCUT2D eigenvalue weighted by Gasteiger charge is 2.33. The lowest BCUT2D eigenvalue weighted by Gasteiger charge is -2.24. The number of rotatable bonds is 2. The third-order valence-corrected chi connectivity index (χ3v) is 4.12. The molecule has 0 saturated carbocycles. The van der Waals surface area contributed by atoms with Crippen molar-refractivity contribution >= 4 is 11.7 Å². The van der Waals surface area contributed by atoms with Crippen molar-refractivity contribution in [2.45, 2.75) is 19.3 Å². The summed E-state index contributed by atoms with van der Waals surface area (Å²) in [5.74, 6) is 0.372. The molecule has 2 aromatic heterocycles. The number of carbonyl (C=O) groups excluding carboxylic acids is 1. The minimum Gasteiger partial charge on any atom is -0.310 e. The average Bonchev–Trinajstić information content (AvgIpc) is 2.92. The molecule has 7 heteroatoms. The highest BCUT2D eigenvalue weighted by Crippen LogP contribution is 2.39. The van der Waals surface area contributed by atoms with Crippen LogP contribution in [0, 0.1) is 12.7 Å². The van der Waals surface area contributed by atoms with Crippen molar-refractivity contribution in [3.05, 3.63) is 65.4 Å². The molecule has 1 aliphatic heterocycles. The second-order valence-electron chi connectivity index (χ2n) is 5.66. The van der Waals surface area contributed by atoms with E-state index >= 15 is 0 Å². The molecular weight excluding hydrogens is 309 g/mol. The molecule has 0 aliphatic carbocycles. The molecule has 1 aliphatic rings. The summed E-state index contributed by atoms with van der Waals surface area (Å²) in [6.45, 7) is 1.88. The van der Waals surface area contributed by atoms with E-state index in [4.69, 9.17) is 0 Å². The molecule has 3 aromatic rings. The van der Waals surface area contributed by atoms with Crippen molar-refractivity contribution in [1.29, 1.82) is 0 Å². The van der Waals surface area contributed by atoms with Crippen LogP contribution in [0.25, 0.3) is 5.95 Å². The summed E-state index contributed by atoms with van der Waals surface area (Å²) in [7, 11) is 0. The van der Waals surface area contributed by atoms with E-state index in [-0.39, 0.29) is 17.6 Å². The van der Waals surface area contributed by atoms with E-state index in [9.17, 15) is 9.18 Å². The zero-order valence-electron chi connectivity index (χ0n) is 12.9. The van der Waals surface area contributed by atoms with Gasteiger partial charge in [0.25, 0.3) is 5.95 Å². The first kappa shape index (κ1) is 14.5. The number of nitrogens with one attached hydrogen (secondary N) is 1. The van der Waals surface area contributed by atoms with Crippen LogP contribution < -0.4 is 5.32 Å². The van der Waals surface area contributed by atoms with Gasteiger partial charge in [0.15, 0.2) is 0 Å². The second-order valence-corrected chi connectivity index (χ2v) is 5.66. The number of carbonyl (C=O) groups is 1. The van der Waals surface area contributed by atoms with Gasteiger partial charge in [-0.2, -0.15) is 9.78 Å². The van der Waals surface area contributed by atoms with E-state index in [1.807, 2.05) is 6.92 Å². The Balaban J connectivity index is 1.87. The molecule has 24 heavy (non-hydrogen) atoms. The number of hydrogen-bond acceptors (Lipinski definition) is 4. The second kappa shape index (κ2) is 5.52. The summed E-state index contributed by atoms with van der Waals surface area (Å²) in [4.78, 5) is 20.6. The van der Waals surface area contributed by atoms with Crippen LogP contribution in [0.4, 0.5) is 10.2 Å². The molecule has 1 aromatic carbocycles. The Kier molecular flexibility index (Phi) is 3.34. The molecule has 0 fully saturated rings. The zero-order chi connectivity index (χ0) is 16.7. The quantitative estimate of drug-likeness (QED) is 0.787. The molecule has 1 N–H and O–H groups in total. The lowest BCUT2D eigenvalue weighted by molar-refractivity contribution is -0.116. The van der Waals surface area contributed by atoms with Gasteiger partial charge in [-0.3, -0.25) is 4.79 Å². The number of amides is 1. The van der Waals surface area contributed by atoms with Gasteiger partial charge in [0, 0.05) is 30.3 Å². The maximum atomic E-state index is 13.2. The normalized spacial score (nSPS) is 16.6. The lowest BCUT2D eigenvalue weighted by atomic mass is 9.86. The van der Waals surface area contributed by atoms with Gasteiger partial charge in [-0.05, 0) is 30.7 Å². The summed E-state index contributed by atoms with van der Waals surface area (Å²) >= 11 is 0. The molecule has 4 rings (SSSR count). The summed E-state index contributed by atoms with van der Waals surface area (Å²) < 4.78 is 14.8. The first-order chi connectivity index (χ1) is 11.6. The van der Waals surface area contributed by atoms with Gasteiger partial charge in [-0.15, -0.1) is 0 Å². The summed E-state index contributed by atoms with van der Waals surface area (Å²) in [5.41, 5.74) is 2.57. The number of hydrogen-bond donors (Lipinski definition) is 1. The molecule has 0 bridgehead atoms. The fourth-order valence-corrected chi connectivity index (χ4v) is 3.07. The number of halogens is 1. The fourth-order valence-electron chi connectivity index (χ4n) is 3.07. The van der Waals surface area contributed by atoms with E-state index < -0.39 is 0 Å². The van der Waals surface area contributed by atoms with Gasteiger partial charge in [-0.25, -0.2) is 14.4 Å². The van der Waals surface area contributed by atoms with Crippen LogP contribution in [0.15, 0.2) is 42.7 Å². The van der Waals surface area contributed by atoms with Crippen LogP contribution in [0.5, 0.6) is 0 Å². The number of aromatic nitrogens is 4. The number of nitrogens with zero attached hydrogens (tertiary/aromatic N) is 4. The van der Waals surface area contributed by atoms with Gasteiger partial charge < -0.3 is 5.32 Å². The molecule has 0 radical (unpaired) electrons. The number of aryl methyl sites for hydroxylation is 1. The van der Waals surface area contributed by atoms with Crippen LogP contribution in [-0.4, -0.2) is 25.7 Å². The monoisotopic (exact) mass is 323 g/mol. The van der Waals surface area contributed by atoms with Gasteiger partial charge in [0.1, 0.15) is 11.6 Å². The largest absolute Gasteiger partial charge is 0.310 e. The third-order valence-electron chi connectivity index (χ3n) is 4.12. The van der Waals surface area contributed by atoms with Crippen LogP contribution in [0.3, 0.4) is 0 Å². The Morgan fingerprint density at radius 3 is 2.62 bits per heavy atom. The maximum absolute atomic E-state index is 13.2. The van der Waals surface area contributed by atoms with Crippen LogP contribution in [-0.2, 0) is 4.79 Å². The highest BCUT2D eigenvalue weighted by molar-refractivity contribution is 5.95. The molecule has 3 heterocycles. The van der Waals surface area contributed by atoms with E-state index in [2.05, 4.69) is 20.4 Å². The molecule has 120 valence electrons. The lowest BCUT2D eigenvalue weighted by Crippen LogP contribution is -2.25. The van der Waals surface area contributed by atoms with Crippen molar-refractivity contribution in [1.82, 2.24) is 19.7 Å². The Hall–Kier alpha value is -3.09. The SMILES string of the molecule is Cc1nn(-c2ncccn2)c2c1[C@H](c1ccc(F)cc1)CC(=O)N2. The summed E-state index contributed by atoms with van der Waals surface area (Å²) in [6, 6.07) is 7.94. The van der Waals surface area contributed by atoms with E-state index in [0.29, 0.717) is 18.2 Å². The van der Waals surface area contributed by atoms with Crippen LogP contribution in [0.2, 0.25) is 0 Å². The van der Waals surface area contributed by atoms with Crippen LogP contribution in [0.1, 0.15) is 29.2 Å². The molecular formula is C17H14FN5O. The average molecular weight is 323 g/mol. The number of benzene rings is 1. The molecule has 6 nitrogen and oxygen atoms in total. The van der Waals surface area contributed by atoms with Gasteiger partial charge in [0.05, 0.1) is 5.69 Å². The predicted molar refractivity (Wildman–Crippen MR) is 85.4 cm³/mol. The maximum Gasteiger partial charge on any atom is 0.252 e. The molecule has 0 unspecified atom stereocenters. The predicted octanol–water partition coefficient (Wildman–Crippen LogP) is 2.58. The number of anilines is 1. The highest BCUT2D eigenvalue weighted by atomic mass is 19.1. The first-order valence-corrected chi connectivity index (χ1v) is 7.55. The van der Waals surface area contributed by atoms with Crippen molar-refractivity contribution in [2.24, 2.45) is 0 Å². The first-order valence-electron chi connectivity index (χ1n) is 7.55. The minimum atomic E-state index is -0.302. The molecule has 1 atom stereocenters. The smallest absolute Gasteiger partial charge is 0.252 e. The number of fused-ring (bicyclic) bond motifs is 1. The Morgan fingerprint density at radius 1 is 1.21 bits per heavy atom. The van der Waals surface area contributed by atoms with E-state index in [0.717, 1.165) is 16.8 Å². The van der Waals surface area contributed by atoms with Crippen molar-refractivity contribution in [3.8, 4) is 5.95 Å². The van der Waals surface area contributed by atoms with Crippen molar-refractivity contribution in [2.75, 3.05) is 5.32 Å². The van der Waals surface area contributed by atoms with Crippen molar-refractivity contribution < 1.29 is 9.18 Å². The standard InChI is InChI=1S/C17H14FN5O/c1-10-15-13(11-3-5-12(18)6-4-11)9-14(24)21-16(15)23(22-10)17-19-7-2-8-20-17/h2-8,13H,9H2,1H3,(H,21,24)/t13-/m0/s1. The molecule has 1 amide bonds. The Morgan fingerprint density at radius 2 is 1.92 bits per heavy atom. The summed E-state index contributed by atoms with van der Waals surface area (Å²) in [6.07, 6.45) is 3.53. The topological polar surface area (TPSA) is 72.7 Å².